The minimum atomic E-state index is 0.486. The summed E-state index contributed by atoms with van der Waals surface area (Å²) in [5.74, 6) is 0. The fourth-order valence-corrected chi connectivity index (χ4v) is 2.18. The number of hydrogen-bond acceptors (Lipinski definition) is 3. The van der Waals surface area contributed by atoms with Crippen molar-refractivity contribution < 1.29 is 0 Å². The van der Waals surface area contributed by atoms with E-state index in [2.05, 4.69) is 15.0 Å². The van der Waals surface area contributed by atoms with Gasteiger partial charge in [0.05, 0.1) is 11.1 Å². The Hall–Kier alpha value is -1.94. The van der Waals surface area contributed by atoms with E-state index < -0.39 is 0 Å². The maximum atomic E-state index is 6.09. The lowest BCUT2D eigenvalue weighted by Gasteiger charge is -2.03. The van der Waals surface area contributed by atoms with Gasteiger partial charge >= 0.3 is 0 Å². The molecule has 0 saturated heterocycles. The summed E-state index contributed by atoms with van der Waals surface area (Å²) in [7, 11) is 0. The monoisotopic (exact) mass is 274 g/mol. The van der Waals surface area contributed by atoms with Gasteiger partial charge in [0.2, 0.25) is 0 Å². The third-order valence-corrected chi connectivity index (χ3v) is 2.95. The fourth-order valence-electron chi connectivity index (χ4n) is 1.90. The molecule has 19 heavy (non-hydrogen) atoms. The van der Waals surface area contributed by atoms with Crippen LogP contribution in [0.3, 0.4) is 0 Å². The first-order chi connectivity index (χ1) is 9.27. The normalized spacial score (nSPS) is 10.1. The number of fused-ring (bicyclic) bond motifs is 1. The number of halogens is 1. The highest BCUT2D eigenvalue weighted by Gasteiger charge is 2.11. The minimum Gasteiger partial charge on any atom is -0.301 e. The predicted molar refractivity (Wildman–Crippen MR) is 77.8 cm³/mol. The van der Waals surface area contributed by atoms with Crippen molar-refractivity contribution in [2.24, 2.45) is 0 Å². The number of rotatable bonds is 1. The summed E-state index contributed by atoms with van der Waals surface area (Å²) in [5.41, 5.74) is 2.88. The zero-order valence-corrected chi connectivity index (χ0v) is 11.9. The molecule has 0 fully saturated rings. The lowest BCUT2D eigenvalue weighted by Crippen LogP contribution is -1.94. The first-order valence-electron chi connectivity index (χ1n) is 6.16. The number of aromatic nitrogens is 4. The zero-order chi connectivity index (χ0) is 13.8. The molecule has 4 nitrogen and oxygen atoms in total. The Bertz CT molecular complexity index is 676. The average Bonchev–Trinajstić information content (AvgIpc) is 2.81. The molecule has 0 N–H and O–H groups in total. The Morgan fingerprint density at radius 3 is 2.47 bits per heavy atom. The molecule has 3 aromatic rings. The fraction of sp³-hybridized carbons (Fsp3) is 0.214. The molecule has 0 aliphatic rings. The maximum absolute atomic E-state index is 6.09. The smallest absolute Gasteiger partial charge is 0.149 e. The molecular formula is C14H15ClN4. The third-order valence-electron chi connectivity index (χ3n) is 2.67. The molecule has 0 bridgehead atoms. The van der Waals surface area contributed by atoms with Gasteiger partial charge < -0.3 is 4.57 Å². The number of aryl methyl sites for hydroxylation is 1. The quantitative estimate of drug-likeness (QED) is 0.634. The molecule has 0 aliphatic carbocycles. The SMILES string of the molecule is CC.Cc1cn(-c2ccncc2)c2ncnc(Cl)c12. The summed E-state index contributed by atoms with van der Waals surface area (Å²) in [6, 6.07) is 3.85. The lowest BCUT2D eigenvalue weighted by molar-refractivity contribution is 1.06. The molecule has 98 valence electrons. The van der Waals surface area contributed by atoms with Gasteiger partial charge in [-0.25, -0.2) is 9.97 Å². The second kappa shape index (κ2) is 5.80. The highest BCUT2D eigenvalue weighted by Crippen LogP contribution is 2.26. The van der Waals surface area contributed by atoms with Gasteiger partial charge in [-0.15, -0.1) is 0 Å². The van der Waals surface area contributed by atoms with Gasteiger partial charge in [0.15, 0.2) is 0 Å². The Morgan fingerprint density at radius 2 is 1.79 bits per heavy atom. The van der Waals surface area contributed by atoms with Crippen molar-refractivity contribution >= 4 is 22.6 Å². The van der Waals surface area contributed by atoms with E-state index in [-0.39, 0.29) is 0 Å². The van der Waals surface area contributed by atoms with Crippen LogP contribution in [0, 0.1) is 6.92 Å². The van der Waals surface area contributed by atoms with E-state index in [9.17, 15) is 0 Å². The van der Waals surface area contributed by atoms with Gasteiger partial charge in [-0.3, -0.25) is 4.98 Å². The Kier molecular flexibility index (Phi) is 4.12. The van der Waals surface area contributed by atoms with E-state index in [4.69, 9.17) is 11.6 Å². The van der Waals surface area contributed by atoms with Crippen LogP contribution in [0.2, 0.25) is 5.15 Å². The van der Waals surface area contributed by atoms with E-state index >= 15 is 0 Å². The summed E-state index contributed by atoms with van der Waals surface area (Å²) in [5, 5.41) is 1.38. The Morgan fingerprint density at radius 1 is 1.11 bits per heavy atom. The van der Waals surface area contributed by atoms with Crippen LogP contribution in [0.4, 0.5) is 0 Å². The Labute approximate surface area is 117 Å². The number of hydrogen-bond donors (Lipinski definition) is 0. The van der Waals surface area contributed by atoms with Crippen LogP contribution in [0.5, 0.6) is 0 Å². The molecule has 0 aliphatic heterocycles. The summed E-state index contributed by atoms with van der Waals surface area (Å²) in [6.07, 6.45) is 6.97. The minimum absolute atomic E-state index is 0.486. The zero-order valence-electron chi connectivity index (χ0n) is 11.1. The molecule has 3 rings (SSSR count). The average molecular weight is 275 g/mol. The molecule has 3 aromatic heterocycles. The standard InChI is InChI=1S/C12H9ClN4.C2H6/c1-8-6-17(9-2-4-14-5-3-9)12-10(8)11(13)15-7-16-12;1-2/h2-7H,1H3;1-2H3. The van der Waals surface area contributed by atoms with Crippen LogP contribution < -0.4 is 0 Å². The molecule has 0 aromatic carbocycles. The van der Waals surface area contributed by atoms with Crippen LogP contribution >= 0.6 is 11.6 Å². The summed E-state index contributed by atoms with van der Waals surface area (Å²) in [6.45, 7) is 6.00. The summed E-state index contributed by atoms with van der Waals surface area (Å²) >= 11 is 6.09. The first-order valence-corrected chi connectivity index (χ1v) is 6.54. The van der Waals surface area contributed by atoms with Crippen LogP contribution in [0.15, 0.2) is 37.1 Å². The number of pyridine rings is 1. The molecule has 0 radical (unpaired) electrons. The summed E-state index contributed by atoms with van der Waals surface area (Å²) in [4.78, 5) is 12.3. The van der Waals surface area contributed by atoms with Crippen molar-refractivity contribution in [2.75, 3.05) is 0 Å². The van der Waals surface area contributed by atoms with Crippen molar-refractivity contribution in [3.8, 4) is 5.69 Å². The molecule has 5 heteroatoms. The van der Waals surface area contributed by atoms with Gasteiger partial charge in [-0.1, -0.05) is 25.4 Å². The van der Waals surface area contributed by atoms with Crippen LogP contribution in [0.1, 0.15) is 19.4 Å². The van der Waals surface area contributed by atoms with Gasteiger partial charge in [0.25, 0.3) is 0 Å². The van der Waals surface area contributed by atoms with Crippen molar-refractivity contribution in [1.82, 2.24) is 19.5 Å². The van der Waals surface area contributed by atoms with Gasteiger partial charge in [0, 0.05) is 18.6 Å². The summed E-state index contributed by atoms with van der Waals surface area (Å²) < 4.78 is 1.99. The van der Waals surface area contributed by atoms with E-state index in [0.717, 1.165) is 22.3 Å². The van der Waals surface area contributed by atoms with Crippen molar-refractivity contribution in [1.29, 1.82) is 0 Å². The van der Waals surface area contributed by atoms with Gasteiger partial charge in [0.1, 0.15) is 17.1 Å². The highest BCUT2D eigenvalue weighted by atomic mass is 35.5. The molecule has 0 spiro atoms. The third kappa shape index (κ3) is 2.44. The molecule has 0 atom stereocenters. The van der Waals surface area contributed by atoms with Crippen molar-refractivity contribution in [3.05, 3.63) is 47.8 Å². The maximum Gasteiger partial charge on any atom is 0.149 e. The molecular weight excluding hydrogens is 260 g/mol. The van der Waals surface area contributed by atoms with Crippen LogP contribution in [-0.4, -0.2) is 19.5 Å². The van der Waals surface area contributed by atoms with Crippen molar-refractivity contribution in [3.63, 3.8) is 0 Å². The van der Waals surface area contributed by atoms with E-state index in [1.165, 1.54) is 6.33 Å². The molecule has 0 unspecified atom stereocenters. The molecule has 3 heterocycles. The highest BCUT2D eigenvalue weighted by molar-refractivity contribution is 6.34. The number of nitrogens with zero attached hydrogens (tertiary/aromatic N) is 4. The van der Waals surface area contributed by atoms with Gasteiger partial charge in [-0.05, 0) is 24.6 Å². The van der Waals surface area contributed by atoms with E-state index in [1.54, 1.807) is 12.4 Å². The predicted octanol–water partition coefficient (Wildman–Crippen LogP) is 3.80. The van der Waals surface area contributed by atoms with Crippen LogP contribution in [0.25, 0.3) is 16.7 Å². The first kappa shape index (κ1) is 13.5. The molecule has 0 saturated carbocycles. The van der Waals surface area contributed by atoms with Gasteiger partial charge in [-0.2, -0.15) is 0 Å². The van der Waals surface area contributed by atoms with E-state index in [0.29, 0.717) is 5.15 Å². The second-order valence-electron chi connectivity index (χ2n) is 3.75. The largest absolute Gasteiger partial charge is 0.301 e. The second-order valence-corrected chi connectivity index (χ2v) is 4.11. The topological polar surface area (TPSA) is 43.6 Å². The Balaban J connectivity index is 0.000000637. The van der Waals surface area contributed by atoms with Crippen molar-refractivity contribution in [2.45, 2.75) is 20.8 Å². The lowest BCUT2D eigenvalue weighted by atomic mass is 10.3. The van der Waals surface area contributed by atoms with E-state index in [1.807, 2.05) is 43.7 Å². The van der Waals surface area contributed by atoms with Crippen LogP contribution in [-0.2, 0) is 0 Å². The molecule has 0 amide bonds.